The van der Waals surface area contributed by atoms with Crippen molar-refractivity contribution < 1.29 is 0 Å². The van der Waals surface area contributed by atoms with E-state index in [1.54, 1.807) is 11.3 Å². The molecule has 3 aromatic rings. The van der Waals surface area contributed by atoms with Gasteiger partial charge in [0.25, 0.3) is 0 Å². The van der Waals surface area contributed by atoms with Gasteiger partial charge in [0.05, 0.1) is 0 Å². The van der Waals surface area contributed by atoms with Gasteiger partial charge in [-0.2, -0.15) is 11.3 Å². The first-order valence-electron chi connectivity index (χ1n) is 6.68. The van der Waals surface area contributed by atoms with E-state index in [1.807, 2.05) is 12.1 Å². The van der Waals surface area contributed by atoms with Crippen LogP contribution < -0.4 is 0 Å². The molecule has 0 saturated carbocycles. The third-order valence-electron chi connectivity index (χ3n) is 3.49. The minimum atomic E-state index is 0.268. The third-order valence-corrected chi connectivity index (χ3v) is 4.19. The summed E-state index contributed by atoms with van der Waals surface area (Å²) in [5, 5.41) is 4.31. The molecular formula is C19H16S. The highest BCUT2D eigenvalue weighted by Gasteiger charge is 2.11. The van der Waals surface area contributed by atoms with Gasteiger partial charge in [-0.1, -0.05) is 60.7 Å². The van der Waals surface area contributed by atoms with E-state index in [0.29, 0.717) is 0 Å². The van der Waals surface area contributed by atoms with Crippen LogP contribution in [0.15, 0.2) is 84.1 Å². The van der Waals surface area contributed by atoms with Gasteiger partial charge < -0.3 is 0 Å². The fraction of sp³-hybridized carbons (Fsp3) is 0.0526. The lowest BCUT2D eigenvalue weighted by Crippen LogP contribution is -1.95. The molecule has 0 nitrogen and oxygen atoms in total. The summed E-state index contributed by atoms with van der Waals surface area (Å²) in [6, 6.07) is 21.4. The Kier molecular flexibility index (Phi) is 3.80. The highest BCUT2D eigenvalue weighted by molar-refractivity contribution is 7.08. The Bertz CT molecular complexity index is 681. The molecule has 0 aliphatic heterocycles. The van der Waals surface area contributed by atoms with Gasteiger partial charge in [-0.05, 0) is 39.1 Å². The molecule has 20 heavy (non-hydrogen) atoms. The largest absolute Gasteiger partial charge is 0.152 e. The van der Waals surface area contributed by atoms with Crippen molar-refractivity contribution in [3.8, 4) is 11.1 Å². The number of rotatable bonds is 4. The zero-order chi connectivity index (χ0) is 13.8. The van der Waals surface area contributed by atoms with Gasteiger partial charge in [0.1, 0.15) is 0 Å². The molecule has 3 rings (SSSR count). The molecule has 2 aromatic carbocycles. The maximum Gasteiger partial charge on any atom is 0.0275 e. The number of hydrogen-bond donors (Lipinski definition) is 0. The van der Waals surface area contributed by atoms with Crippen molar-refractivity contribution in [2.75, 3.05) is 0 Å². The summed E-state index contributed by atoms with van der Waals surface area (Å²) < 4.78 is 0. The van der Waals surface area contributed by atoms with Crippen molar-refractivity contribution in [3.63, 3.8) is 0 Å². The second-order valence-corrected chi connectivity index (χ2v) is 5.54. The minimum Gasteiger partial charge on any atom is -0.152 e. The molecule has 1 heteroatoms. The number of benzene rings is 2. The van der Waals surface area contributed by atoms with Gasteiger partial charge in [-0.15, -0.1) is 6.58 Å². The van der Waals surface area contributed by atoms with Crippen LogP contribution in [0.4, 0.5) is 0 Å². The van der Waals surface area contributed by atoms with E-state index in [1.165, 1.54) is 22.3 Å². The van der Waals surface area contributed by atoms with Crippen molar-refractivity contribution >= 4 is 11.3 Å². The molecule has 0 saturated heterocycles. The summed E-state index contributed by atoms with van der Waals surface area (Å²) in [5.41, 5.74) is 5.11. The molecule has 1 atom stereocenters. The zero-order valence-corrected chi connectivity index (χ0v) is 12.0. The summed E-state index contributed by atoms with van der Waals surface area (Å²) in [6.07, 6.45) is 2.02. The first-order chi connectivity index (χ1) is 9.88. The maximum absolute atomic E-state index is 4.00. The average Bonchev–Trinajstić information content (AvgIpc) is 3.03. The smallest absolute Gasteiger partial charge is 0.0275 e. The molecule has 0 aliphatic carbocycles. The standard InChI is InChI=1S/C19H16S/c1-2-19(18-11-12-20-14-18)17-10-6-9-16(13-17)15-7-4-3-5-8-15/h2-14,19H,1H2. The van der Waals surface area contributed by atoms with E-state index >= 15 is 0 Å². The average molecular weight is 276 g/mol. The van der Waals surface area contributed by atoms with E-state index in [0.717, 1.165) is 0 Å². The predicted molar refractivity (Wildman–Crippen MR) is 88.2 cm³/mol. The van der Waals surface area contributed by atoms with Crippen LogP contribution >= 0.6 is 11.3 Å². The lowest BCUT2D eigenvalue weighted by molar-refractivity contribution is 1.04. The molecule has 0 bridgehead atoms. The summed E-state index contributed by atoms with van der Waals surface area (Å²) in [6.45, 7) is 4.00. The van der Waals surface area contributed by atoms with Gasteiger partial charge in [0.2, 0.25) is 0 Å². The molecule has 0 aliphatic rings. The third kappa shape index (κ3) is 2.59. The SMILES string of the molecule is C=CC(c1ccsc1)c1cccc(-c2ccccc2)c1. The van der Waals surface area contributed by atoms with Crippen LogP contribution in [0.1, 0.15) is 17.0 Å². The van der Waals surface area contributed by atoms with Crippen LogP contribution in [-0.4, -0.2) is 0 Å². The topological polar surface area (TPSA) is 0 Å². The monoisotopic (exact) mass is 276 g/mol. The normalized spacial score (nSPS) is 12.0. The fourth-order valence-corrected chi connectivity index (χ4v) is 3.16. The van der Waals surface area contributed by atoms with Gasteiger partial charge in [-0.25, -0.2) is 0 Å². The Morgan fingerprint density at radius 2 is 1.65 bits per heavy atom. The Morgan fingerprint density at radius 3 is 2.35 bits per heavy atom. The first kappa shape index (κ1) is 12.9. The van der Waals surface area contributed by atoms with Crippen LogP contribution in [0.5, 0.6) is 0 Å². The number of allylic oxidation sites excluding steroid dienone is 1. The molecule has 0 N–H and O–H groups in total. The second-order valence-electron chi connectivity index (χ2n) is 4.76. The summed E-state index contributed by atoms with van der Waals surface area (Å²) in [7, 11) is 0. The highest BCUT2D eigenvalue weighted by Crippen LogP contribution is 2.30. The molecule has 98 valence electrons. The molecule has 1 heterocycles. The molecule has 0 radical (unpaired) electrons. The first-order valence-corrected chi connectivity index (χ1v) is 7.63. The van der Waals surface area contributed by atoms with Gasteiger partial charge in [0, 0.05) is 5.92 Å². The maximum atomic E-state index is 4.00. The fourth-order valence-electron chi connectivity index (χ4n) is 2.46. The van der Waals surface area contributed by atoms with E-state index in [4.69, 9.17) is 0 Å². The van der Waals surface area contributed by atoms with Crippen molar-refractivity contribution in [2.45, 2.75) is 5.92 Å². The Morgan fingerprint density at radius 1 is 0.850 bits per heavy atom. The Balaban J connectivity index is 2.01. The van der Waals surface area contributed by atoms with Gasteiger partial charge in [0.15, 0.2) is 0 Å². The molecule has 1 unspecified atom stereocenters. The van der Waals surface area contributed by atoms with Crippen LogP contribution in [0.3, 0.4) is 0 Å². The van der Waals surface area contributed by atoms with Crippen LogP contribution in [-0.2, 0) is 0 Å². The number of hydrogen-bond acceptors (Lipinski definition) is 1. The van der Waals surface area contributed by atoms with Gasteiger partial charge in [-0.3, -0.25) is 0 Å². The molecule has 0 spiro atoms. The van der Waals surface area contributed by atoms with Crippen molar-refractivity contribution in [1.29, 1.82) is 0 Å². The zero-order valence-electron chi connectivity index (χ0n) is 11.2. The van der Waals surface area contributed by atoms with Crippen molar-refractivity contribution in [1.82, 2.24) is 0 Å². The highest BCUT2D eigenvalue weighted by atomic mass is 32.1. The van der Waals surface area contributed by atoms with E-state index in [2.05, 4.69) is 71.9 Å². The number of thiophene rings is 1. The Labute approximate surface area is 124 Å². The second kappa shape index (κ2) is 5.89. The summed E-state index contributed by atoms with van der Waals surface area (Å²) in [5.74, 6) is 0.268. The molecular weight excluding hydrogens is 260 g/mol. The van der Waals surface area contributed by atoms with Crippen LogP contribution in [0.2, 0.25) is 0 Å². The quantitative estimate of drug-likeness (QED) is 0.533. The lowest BCUT2D eigenvalue weighted by Gasteiger charge is -2.13. The predicted octanol–water partition coefficient (Wildman–Crippen LogP) is 5.73. The molecule has 0 amide bonds. The summed E-state index contributed by atoms with van der Waals surface area (Å²) >= 11 is 1.73. The van der Waals surface area contributed by atoms with Crippen LogP contribution in [0.25, 0.3) is 11.1 Å². The summed E-state index contributed by atoms with van der Waals surface area (Å²) in [4.78, 5) is 0. The van der Waals surface area contributed by atoms with Crippen molar-refractivity contribution in [2.24, 2.45) is 0 Å². The van der Waals surface area contributed by atoms with E-state index in [-0.39, 0.29) is 5.92 Å². The van der Waals surface area contributed by atoms with E-state index in [9.17, 15) is 0 Å². The molecule has 0 fully saturated rings. The molecule has 1 aromatic heterocycles. The van der Waals surface area contributed by atoms with Gasteiger partial charge >= 0.3 is 0 Å². The Hall–Kier alpha value is -2.12. The van der Waals surface area contributed by atoms with Crippen molar-refractivity contribution in [3.05, 3.63) is 95.2 Å². The lowest BCUT2D eigenvalue weighted by atomic mass is 9.91. The van der Waals surface area contributed by atoms with E-state index < -0.39 is 0 Å². The minimum absolute atomic E-state index is 0.268. The van der Waals surface area contributed by atoms with Crippen LogP contribution in [0, 0.1) is 0 Å².